The van der Waals surface area contributed by atoms with Gasteiger partial charge in [0, 0.05) is 11.8 Å². The van der Waals surface area contributed by atoms with E-state index in [0.29, 0.717) is 0 Å². The van der Waals surface area contributed by atoms with E-state index in [2.05, 4.69) is 17.2 Å². The molecule has 0 aliphatic rings. The van der Waals surface area contributed by atoms with Gasteiger partial charge in [-0.2, -0.15) is 5.10 Å². The van der Waals surface area contributed by atoms with Crippen LogP contribution in [-0.4, -0.2) is 9.78 Å². The first-order valence-corrected chi connectivity index (χ1v) is 6.14. The molecule has 0 saturated heterocycles. The molecule has 19 heavy (non-hydrogen) atoms. The van der Waals surface area contributed by atoms with E-state index in [-0.39, 0.29) is 5.82 Å². The predicted molar refractivity (Wildman–Crippen MR) is 73.2 cm³/mol. The molecule has 0 unspecified atom stereocenters. The summed E-state index contributed by atoms with van der Waals surface area (Å²) in [6.45, 7) is 0.738. The maximum Gasteiger partial charge on any atom is 0.123 e. The Labute approximate surface area is 111 Å². The van der Waals surface area contributed by atoms with E-state index in [1.165, 1.54) is 17.7 Å². The van der Waals surface area contributed by atoms with Crippen molar-refractivity contribution in [3.63, 3.8) is 0 Å². The zero-order chi connectivity index (χ0) is 13.1. The molecule has 2 nitrogen and oxygen atoms in total. The standard InChI is InChI=1S/C16H13FN2/c17-15-8-6-14(7-9-15)16-10-11-19(18-16)12-13-4-2-1-3-5-13/h1-11H,12H2. The van der Waals surface area contributed by atoms with Crippen molar-refractivity contribution in [1.29, 1.82) is 0 Å². The van der Waals surface area contributed by atoms with Crippen LogP contribution in [0.1, 0.15) is 5.56 Å². The van der Waals surface area contributed by atoms with Gasteiger partial charge in [0.1, 0.15) is 5.82 Å². The Morgan fingerprint density at radius 3 is 2.37 bits per heavy atom. The molecular formula is C16H13FN2. The van der Waals surface area contributed by atoms with Crippen molar-refractivity contribution in [2.75, 3.05) is 0 Å². The monoisotopic (exact) mass is 252 g/mol. The number of nitrogens with zero attached hydrogens (tertiary/aromatic N) is 2. The average molecular weight is 252 g/mol. The number of halogens is 1. The van der Waals surface area contributed by atoms with Gasteiger partial charge in [0.15, 0.2) is 0 Å². The molecule has 0 aliphatic carbocycles. The highest BCUT2D eigenvalue weighted by Gasteiger charge is 2.03. The van der Waals surface area contributed by atoms with Crippen molar-refractivity contribution in [1.82, 2.24) is 9.78 Å². The average Bonchev–Trinajstić information content (AvgIpc) is 2.89. The third kappa shape index (κ3) is 2.71. The highest BCUT2D eigenvalue weighted by molar-refractivity contribution is 5.58. The zero-order valence-corrected chi connectivity index (χ0v) is 10.3. The van der Waals surface area contributed by atoms with Gasteiger partial charge in [0.05, 0.1) is 12.2 Å². The highest BCUT2D eigenvalue weighted by Crippen LogP contribution is 2.17. The SMILES string of the molecule is Fc1ccc(-c2ccn(Cc3ccccc3)n2)cc1. The van der Waals surface area contributed by atoms with Gasteiger partial charge in [0.2, 0.25) is 0 Å². The van der Waals surface area contributed by atoms with Gasteiger partial charge in [-0.25, -0.2) is 4.39 Å². The normalized spacial score (nSPS) is 10.6. The van der Waals surface area contributed by atoms with Crippen LogP contribution in [0.4, 0.5) is 4.39 Å². The van der Waals surface area contributed by atoms with Crippen molar-refractivity contribution in [2.45, 2.75) is 6.54 Å². The molecule has 0 spiro atoms. The van der Waals surface area contributed by atoms with E-state index in [1.54, 1.807) is 12.1 Å². The molecule has 0 amide bonds. The Kier molecular flexibility index (Phi) is 3.11. The first-order valence-electron chi connectivity index (χ1n) is 6.14. The molecule has 94 valence electrons. The minimum atomic E-state index is -0.229. The fraction of sp³-hybridized carbons (Fsp3) is 0.0625. The van der Waals surface area contributed by atoms with Gasteiger partial charge in [-0.15, -0.1) is 0 Å². The molecule has 3 aromatic rings. The second kappa shape index (κ2) is 5.06. The maximum atomic E-state index is 12.9. The van der Waals surface area contributed by atoms with Crippen LogP contribution in [0, 0.1) is 5.82 Å². The fourth-order valence-electron chi connectivity index (χ4n) is 1.99. The zero-order valence-electron chi connectivity index (χ0n) is 10.3. The fourth-order valence-corrected chi connectivity index (χ4v) is 1.99. The molecule has 0 bridgehead atoms. The molecule has 1 heterocycles. The molecule has 3 heteroatoms. The molecule has 3 rings (SSSR count). The van der Waals surface area contributed by atoms with Crippen LogP contribution in [0.5, 0.6) is 0 Å². The minimum Gasteiger partial charge on any atom is -0.268 e. The van der Waals surface area contributed by atoms with Gasteiger partial charge in [-0.05, 0) is 35.9 Å². The number of benzene rings is 2. The molecule has 1 aromatic heterocycles. The lowest BCUT2D eigenvalue weighted by molar-refractivity contribution is 0.628. The molecule has 0 N–H and O–H groups in total. The summed E-state index contributed by atoms with van der Waals surface area (Å²) in [6, 6.07) is 18.5. The van der Waals surface area contributed by atoms with Crippen LogP contribution in [0.25, 0.3) is 11.3 Å². The van der Waals surface area contributed by atoms with E-state index in [0.717, 1.165) is 17.8 Å². The molecular weight excluding hydrogens is 239 g/mol. The van der Waals surface area contributed by atoms with Gasteiger partial charge in [0.25, 0.3) is 0 Å². The summed E-state index contributed by atoms with van der Waals surface area (Å²) in [5.74, 6) is -0.229. The summed E-state index contributed by atoms with van der Waals surface area (Å²) in [4.78, 5) is 0. The van der Waals surface area contributed by atoms with E-state index in [1.807, 2.05) is 35.1 Å². The minimum absolute atomic E-state index is 0.229. The molecule has 0 saturated carbocycles. The van der Waals surface area contributed by atoms with Crippen LogP contribution < -0.4 is 0 Å². The van der Waals surface area contributed by atoms with Gasteiger partial charge in [-0.3, -0.25) is 4.68 Å². The summed E-state index contributed by atoms with van der Waals surface area (Å²) in [5.41, 5.74) is 2.99. The largest absolute Gasteiger partial charge is 0.268 e. The van der Waals surface area contributed by atoms with Crippen LogP contribution in [0.15, 0.2) is 66.9 Å². The first-order chi connectivity index (χ1) is 9.31. The van der Waals surface area contributed by atoms with Crippen LogP contribution in [-0.2, 0) is 6.54 Å². The summed E-state index contributed by atoms with van der Waals surface area (Å²) < 4.78 is 14.8. The Balaban J connectivity index is 1.82. The van der Waals surface area contributed by atoms with Crippen molar-refractivity contribution in [3.8, 4) is 11.3 Å². The Morgan fingerprint density at radius 2 is 1.63 bits per heavy atom. The lowest BCUT2D eigenvalue weighted by atomic mass is 10.1. The van der Waals surface area contributed by atoms with Crippen molar-refractivity contribution >= 4 is 0 Å². The topological polar surface area (TPSA) is 17.8 Å². The van der Waals surface area contributed by atoms with Crippen LogP contribution in [0.2, 0.25) is 0 Å². The van der Waals surface area contributed by atoms with E-state index in [9.17, 15) is 4.39 Å². The summed E-state index contributed by atoms with van der Waals surface area (Å²) in [6.07, 6.45) is 1.94. The van der Waals surface area contributed by atoms with Crippen molar-refractivity contribution < 1.29 is 4.39 Å². The summed E-state index contributed by atoms with van der Waals surface area (Å²) in [7, 11) is 0. The number of hydrogen-bond acceptors (Lipinski definition) is 1. The smallest absolute Gasteiger partial charge is 0.123 e. The third-order valence-corrected chi connectivity index (χ3v) is 2.97. The molecule has 2 aromatic carbocycles. The van der Waals surface area contributed by atoms with Crippen LogP contribution >= 0.6 is 0 Å². The third-order valence-electron chi connectivity index (χ3n) is 2.97. The second-order valence-electron chi connectivity index (χ2n) is 4.39. The van der Waals surface area contributed by atoms with Gasteiger partial charge >= 0.3 is 0 Å². The summed E-state index contributed by atoms with van der Waals surface area (Å²) in [5, 5.41) is 4.50. The molecule has 0 atom stereocenters. The van der Waals surface area contributed by atoms with Gasteiger partial charge in [-0.1, -0.05) is 30.3 Å². The van der Waals surface area contributed by atoms with Crippen molar-refractivity contribution in [2.24, 2.45) is 0 Å². The predicted octanol–water partition coefficient (Wildman–Crippen LogP) is 3.74. The van der Waals surface area contributed by atoms with Crippen molar-refractivity contribution in [3.05, 3.63) is 78.2 Å². The Morgan fingerprint density at radius 1 is 0.895 bits per heavy atom. The van der Waals surface area contributed by atoms with E-state index < -0.39 is 0 Å². The van der Waals surface area contributed by atoms with E-state index >= 15 is 0 Å². The quantitative estimate of drug-likeness (QED) is 0.694. The van der Waals surface area contributed by atoms with Crippen LogP contribution in [0.3, 0.4) is 0 Å². The number of hydrogen-bond donors (Lipinski definition) is 0. The highest BCUT2D eigenvalue weighted by atomic mass is 19.1. The molecule has 0 aliphatic heterocycles. The lowest BCUT2D eigenvalue weighted by Gasteiger charge is -2.01. The maximum absolute atomic E-state index is 12.9. The Bertz CT molecular complexity index is 657. The first kappa shape index (κ1) is 11.7. The van der Waals surface area contributed by atoms with Gasteiger partial charge < -0.3 is 0 Å². The molecule has 0 radical (unpaired) electrons. The Hall–Kier alpha value is -2.42. The summed E-state index contributed by atoms with van der Waals surface area (Å²) >= 11 is 0. The van der Waals surface area contributed by atoms with E-state index in [4.69, 9.17) is 0 Å². The lowest BCUT2D eigenvalue weighted by Crippen LogP contribution is -1.99. The molecule has 0 fully saturated rings. The second-order valence-corrected chi connectivity index (χ2v) is 4.39. The number of aromatic nitrogens is 2. The number of rotatable bonds is 3.